The minimum atomic E-state index is -3.97. The molecule has 0 atom stereocenters. The molecule has 10 heteroatoms. The molecule has 9 nitrogen and oxygen atoms in total. The Morgan fingerprint density at radius 1 is 1.17 bits per heavy atom. The van der Waals surface area contributed by atoms with E-state index in [1.54, 1.807) is 24.3 Å². The topological polar surface area (TPSA) is 119 Å². The molecule has 1 amide bonds. The largest absolute Gasteiger partial charge is 0.495 e. The van der Waals surface area contributed by atoms with Gasteiger partial charge in [0, 0.05) is 36.8 Å². The molecule has 29 heavy (non-hydrogen) atoms. The minimum absolute atomic E-state index is 0.0510. The molecule has 0 aliphatic carbocycles. The van der Waals surface area contributed by atoms with Crippen LogP contribution in [0, 0.1) is 10.1 Å². The summed E-state index contributed by atoms with van der Waals surface area (Å²) in [4.78, 5) is 22.4. The molecule has 0 radical (unpaired) electrons. The summed E-state index contributed by atoms with van der Waals surface area (Å²) in [5.74, 6) is -0.151. The van der Waals surface area contributed by atoms with E-state index in [-0.39, 0.29) is 41.4 Å². The molecule has 2 aromatic carbocycles. The zero-order valence-corrected chi connectivity index (χ0v) is 16.6. The van der Waals surface area contributed by atoms with Crippen molar-refractivity contribution in [2.75, 3.05) is 20.2 Å². The standard InChI is InChI=1S/C19H21N3O6S/c1-28-17-8-7-16(22(24)25)13-18(17)29(26,27)21-11-9-15(10-12-21)20-19(23)14-5-3-2-4-6-14/h2-8,13,15H,9-12H2,1H3,(H,20,23). The predicted molar refractivity (Wildman–Crippen MR) is 105 cm³/mol. The second-order valence-corrected chi connectivity index (χ2v) is 8.52. The lowest BCUT2D eigenvalue weighted by Gasteiger charge is -2.31. The van der Waals surface area contributed by atoms with E-state index in [2.05, 4.69) is 5.32 Å². The first-order chi connectivity index (χ1) is 13.8. The third-order valence-electron chi connectivity index (χ3n) is 4.80. The molecule has 1 saturated heterocycles. The first kappa shape index (κ1) is 20.7. The molecule has 2 aromatic rings. The van der Waals surface area contributed by atoms with E-state index in [4.69, 9.17) is 4.74 Å². The summed E-state index contributed by atoms with van der Waals surface area (Å²) in [5.41, 5.74) is 0.221. The van der Waals surface area contributed by atoms with Crippen LogP contribution in [0.1, 0.15) is 23.2 Å². The molecule has 154 valence electrons. The molecule has 0 saturated carbocycles. The van der Waals surface area contributed by atoms with Crippen molar-refractivity contribution < 1.29 is 22.9 Å². The number of methoxy groups -OCH3 is 1. The number of ether oxygens (including phenoxy) is 1. The molecule has 3 rings (SSSR count). The van der Waals surface area contributed by atoms with E-state index in [9.17, 15) is 23.3 Å². The van der Waals surface area contributed by atoms with Gasteiger partial charge in [0.25, 0.3) is 11.6 Å². The number of nitrogens with one attached hydrogen (secondary N) is 1. The van der Waals surface area contributed by atoms with Gasteiger partial charge in [0.1, 0.15) is 10.6 Å². The van der Waals surface area contributed by atoms with Crippen molar-refractivity contribution in [3.8, 4) is 5.75 Å². The highest BCUT2D eigenvalue weighted by atomic mass is 32.2. The maximum absolute atomic E-state index is 13.0. The lowest BCUT2D eigenvalue weighted by molar-refractivity contribution is -0.385. The number of piperidine rings is 1. The minimum Gasteiger partial charge on any atom is -0.495 e. The number of amides is 1. The summed E-state index contributed by atoms with van der Waals surface area (Å²) in [6, 6.07) is 12.1. The van der Waals surface area contributed by atoms with Gasteiger partial charge in [-0.25, -0.2) is 8.42 Å². The molecular weight excluding hydrogens is 398 g/mol. The van der Waals surface area contributed by atoms with Crippen LogP contribution in [-0.4, -0.2) is 49.8 Å². The Morgan fingerprint density at radius 2 is 1.83 bits per heavy atom. The van der Waals surface area contributed by atoms with Crippen LogP contribution in [0.25, 0.3) is 0 Å². The Balaban J connectivity index is 1.71. The SMILES string of the molecule is COc1ccc([N+](=O)[O-])cc1S(=O)(=O)N1CCC(NC(=O)c2ccccc2)CC1. The van der Waals surface area contributed by atoms with Crippen molar-refractivity contribution in [3.63, 3.8) is 0 Å². The van der Waals surface area contributed by atoms with E-state index < -0.39 is 14.9 Å². The number of carbonyl (C=O) groups is 1. The summed E-state index contributed by atoms with van der Waals surface area (Å²) in [5, 5.41) is 14.0. The number of nitro benzene ring substituents is 1. The molecule has 0 spiro atoms. The second-order valence-electron chi connectivity index (χ2n) is 6.61. The van der Waals surface area contributed by atoms with Crippen molar-refractivity contribution in [1.82, 2.24) is 9.62 Å². The summed E-state index contributed by atoms with van der Waals surface area (Å²) in [6.07, 6.45) is 0.879. The Hall–Kier alpha value is -2.98. The number of nitrogens with zero attached hydrogens (tertiary/aromatic N) is 2. The van der Waals surface area contributed by atoms with Crippen LogP contribution in [-0.2, 0) is 10.0 Å². The molecule has 0 bridgehead atoms. The zero-order chi connectivity index (χ0) is 21.0. The highest BCUT2D eigenvalue weighted by Crippen LogP contribution is 2.31. The van der Waals surface area contributed by atoms with Crippen LogP contribution in [0.15, 0.2) is 53.4 Å². The van der Waals surface area contributed by atoms with Gasteiger partial charge in [0.05, 0.1) is 12.0 Å². The quantitative estimate of drug-likeness (QED) is 0.566. The average Bonchev–Trinajstić information content (AvgIpc) is 2.74. The van der Waals surface area contributed by atoms with Gasteiger partial charge in [0.2, 0.25) is 10.0 Å². The van der Waals surface area contributed by atoms with Gasteiger partial charge in [-0.1, -0.05) is 18.2 Å². The van der Waals surface area contributed by atoms with Crippen LogP contribution in [0.5, 0.6) is 5.75 Å². The predicted octanol–water partition coefficient (Wildman–Crippen LogP) is 2.19. The number of rotatable bonds is 6. The van der Waals surface area contributed by atoms with Crippen LogP contribution < -0.4 is 10.1 Å². The van der Waals surface area contributed by atoms with Gasteiger partial charge >= 0.3 is 0 Å². The first-order valence-electron chi connectivity index (χ1n) is 9.01. The number of sulfonamides is 1. The second kappa shape index (κ2) is 8.58. The number of nitro groups is 1. The number of hydrogen-bond acceptors (Lipinski definition) is 6. The number of hydrogen-bond donors (Lipinski definition) is 1. The van der Waals surface area contributed by atoms with Crippen LogP contribution in [0.4, 0.5) is 5.69 Å². The van der Waals surface area contributed by atoms with Crippen LogP contribution in [0.3, 0.4) is 0 Å². The molecule has 1 heterocycles. The highest BCUT2D eigenvalue weighted by molar-refractivity contribution is 7.89. The monoisotopic (exact) mass is 419 g/mol. The number of carbonyl (C=O) groups excluding carboxylic acids is 1. The van der Waals surface area contributed by atoms with E-state index in [1.165, 1.54) is 23.5 Å². The number of benzene rings is 2. The van der Waals surface area contributed by atoms with Gasteiger partial charge in [-0.15, -0.1) is 0 Å². The normalized spacial score (nSPS) is 15.6. The summed E-state index contributed by atoms with van der Waals surface area (Å²) in [6.45, 7) is 0.377. The molecule has 1 N–H and O–H groups in total. The Bertz CT molecular complexity index is 1000. The van der Waals surface area contributed by atoms with Crippen molar-refractivity contribution in [2.24, 2.45) is 0 Å². The van der Waals surface area contributed by atoms with Crippen molar-refractivity contribution in [3.05, 3.63) is 64.2 Å². The number of non-ortho nitro benzene ring substituents is 1. The average molecular weight is 419 g/mol. The first-order valence-corrected chi connectivity index (χ1v) is 10.5. The van der Waals surface area contributed by atoms with Gasteiger partial charge in [-0.3, -0.25) is 14.9 Å². The van der Waals surface area contributed by atoms with E-state index in [0.29, 0.717) is 18.4 Å². The van der Waals surface area contributed by atoms with Gasteiger partial charge in [-0.2, -0.15) is 4.31 Å². The maximum Gasteiger partial charge on any atom is 0.271 e. The zero-order valence-electron chi connectivity index (χ0n) is 15.8. The molecular formula is C19H21N3O6S. The van der Waals surface area contributed by atoms with Crippen molar-refractivity contribution in [2.45, 2.75) is 23.8 Å². The Labute approximate surface area is 168 Å². The van der Waals surface area contributed by atoms with Crippen molar-refractivity contribution in [1.29, 1.82) is 0 Å². The van der Waals surface area contributed by atoms with Crippen molar-refractivity contribution >= 4 is 21.6 Å². The van der Waals surface area contributed by atoms with Gasteiger partial charge < -0.3 is 10.1 Å². The Morgan fingerprint density at radius 3 is 2.41 bits per heavy atom. The van der Waals surface area contributed by atoms with E-state index in [1.807, 2.05) is 6.07 Å². The van der Waals surface area contributed by atoms with E-state index in [0.717, 1.165) is 6.07 Å². The molecule has 1 aliphatic heterocycles. The molecule has 1 aliphatic rings. The molecule has 0 aromatic heterocycles. The lowest BCUT2D eigenvalue weighted by atomic mass is 10.1. The summed E-state index contributed by atoms with van der Waals surface area (Å²) >= 11 is 0. The van der Waals surface area contributed by atoms with Gasteiger partial charge in [-0.05, 0) is 31.0 Å². The third kappa shape index (κ3) is 4.54. The summed E-state index contributed by atoms with van der Waals surface area (Å²) < 4.78 is 32.4. The third-order valence-corrected chi connectivity index (χ3v) is 6.72. The molecule has 1 fully saturated rings. The molecule has 0 unspecified atom stereocenters. The maximum atomic E-state index is 13.0. The summed E-state index contributed by atoms with van der Waals surface area (Å²) in [7, 11) is -2.66. The highest BCUT2D eigenvalue weighted by Gasteiger charge is 2.33. The lowest BCUT2D eigenvalue weighted by Crippen LogP contribution is -2.46. The fraction of sp³-hybridized carbons (Fsp3) is 0.316. The van der Waals surface area contributed by atoms with Crippen LogP contribution >= 0.6 is 0 Å². The van der Waals surface area contributed by atoms with Crippen LogP contribution in [0.2, 0.25) is 0 Å². The van der Waals surface area contributed by atoms with E-state index >= 15 is 0 Å². The Kier molecular flexibility index (Phi) is 6.14. The fourth-order valence-electron chi connectivity index (χ4n) is 3.22. The smallest absolute Gasteiger partial charge is 0.271 e. The fourth-order valence-corrected chi connectivity index (χ4v) is 4.86. The van der Waals surface area contributed by atoms with Gasteiger partial charge in [0.15, 0.2) is 0 Å².